The number of carbonyl (C=O) groups excluding carboxylic acids is 1. The molecule has 0 aromatic carbocycles. The second kappa shape index (κ2) is 3.22. The van der Waals surface area contributed by atoms with E-state index in [0.29, 0.717) is 19.0 Å². The van der Waals surface area contributed by atoms with Gasteiger partial charge < -0.3 is 15.2 Å². The molecular formula is C9H11NO3. The third-order valence-corrected chi connectivity index (χ3v) is 2.16. The third-order valence-electron chi connectivity index (χ3n) is 2.16. The summed E-state index contributed by atoms with van der Waals surface area (Å²) in [6.45, 7) is 1.06. The Labute approximate surface area is 76.0 Å². The van der Waals surface area contributed by atoms with Crippen molar-refractivity contribution in [2.24, 2.45) is 11.7 Å². The standard InChI is InChI=1S/C9H11NO3/c10-9(11)6-2-1-3-7-8(6)13-5-4-12-7/h1-3,6,8H,4-5H2,(H2,10,11). The second-order valence-corrected chi connectivity index (χ2v) is 3.02. The molecule has 1 heterocycles. The average Bonchev–Trinajstić information content (AvgIpc) is 2.17. The maximum atomic E-state index is 11.0. The molecule has 1 amide bonds. The first kappa shape index (κ1) is 8.31. The fourth-order valence-electron chi connectivity index (χ4n) is 1.54. The first-order valence-corrected chi connectivity index (χ1v) is 4.21. The van der Waals surface area contributed by atoms with Crippen molar-refractivity contribution >= 4 is 5.91 Å². The summed E-state index contributed by atoms with van der Waals surface area (Å²) in [4.78, 5) is 11.0. The summed E-state index contributed by atoms with van der Waals surface area (Å²) in [7, 11) is 0. The molecule has 2 rings (SSSR count). The molecule has 2 atom stereocenters. The summed E-state index contributed by atoms with van der Waals surface area (Å²) < 4.78 is 10.7. The van der Waals surface area contributed by atoms with E-state index in [4.69, 9.17) is 15.2 Å². The van der Waals surface area contributed by atoms with E-state index >= 15 is 0 Å². The van der Waals surface area contributed by atoms with Gasteiger partial charge in [-0.15, -0.1) is 0 Å². The highest BCUT2D eigenvalue weighted by Gasteiger charge is 2.33. The van der Waals surface area contributed by atoms with Crippen molar-refractivity contribution in [3.05, 3.63) is 24.0 Å². The molecule has 2 aliphatic rings. The zero-order valence-electron chi connectivity index (χ0n) is 7.10. The van der Waals surface area contributed by atoms with Crippen molar-refractivity contribution in [2.75, 3.05) is 13.2 Å². The first-order valence-electron chi connectivity index (χ1n) is 4.21. The van der Waals surface area contributed by atoms with E-state index in [0.717, 1.165) is 0 Å². The summed E-state index contributed by atoms with van der Waals surface area (Å²) >= 11 is 0. The Balaban J connectivity index is 2.21. The van der Waals surface area contributed by atoms with Crippen LogP contribution in [0.4, 0.5) is 0 Å². The average molecular weight is 181 g/mol. The number of allylic oxidation sites excluding steroid dienone is 2. The highest BCUT2D eigenvalue weighted by molar-refractivity contribution is 5.80. The zero-order chi connectivity index (χ0) is 9.26. The molecule has 0 saturated carbocycles. The largest absolute Gasteiger partial charge is 0.493 e. The Kier molecular flexibility index (Phi) is 2.06. The van der Waals surface area contributed by atoms with Crippen LogP contribution in [0.3, 0.4) is 0 Å². The van der Waals surface area contributed by atoms with E-state index in [2.05, 4.69) is 0 Å². The van der Waals surface area contributed by atoms with Crippen molar-refractivity contribution in [1.82, 2.24) is 0 Å². The van der Waals surface area contributed by atoms with Gasteiger partial charge in [-0.2, -0.15) is 0 Å². The van der Waals surface area contributed by atoms with Crippen molar-refractivity contribution in [2.45, 2.75) is 6.10 Å². The molecule has 1 saturated heterocycles. The van der Waals surface area contributed by atoms with E-state index < -0.39 is 0 Å². The van der Waals surface area contributed by atoms with Crippen molar-refractivity contribution in [3.8, 4) is 0 Å². The van der Waals surface area contributed by atoms with Crippen LogP contribution in [0.5, 0.6) is 0 Å². The van der Waals surface area contributed by atoms with Crippen LogP contribution in [-0.4, -0.2) is 25.2 Å². The number of rotatable bonds is 1. The molecule has 0 bridgehead atoms. The molecule has 1 aliphatic carbocycles. The van der Waals surface area contributed by atoms with Gasteiger partial charge >= 0.3 is 0 Å². The van der Waals surface area contributed by atoms with E-state index in [1.54, 1.807) is 12.2 Å². The van der Waals surface area contributed by atoms with E-state index in [9.17, 15) is 4.79 Å². The highest BCUT2D eigenvalue weighted by Crippen LogP contribution is 2.25. The molecular weight excluding hydrogens is 170 g/mol. The SMILES string of the molecule is NC(=O)C1C=CC=C2OCCOC21. The fourth-order valence-corrected chi connectivity index (χ4v) is 1.54. The summed E-state index contributed by atoms with van der Waals surface area (Å²) in [5.41, 5.74) is 5.22. The minimum atomic E-state index is -0.389. The van der Waals surface area contributed by atoms with Crippen LogP contribution in [0, 0.1) is 5.92 Å². The predicted octanol–water partition coefficient (Wildman–Crippen LogP) is -0.0430. The van der Waals surface area contributed by atoms with Crippen LogP contribution in [0.15, 0.2) is 24.0 Å². The summed E-state index contributed by atoms with van der Waals surface area (Å²) in [5.74, 6) is -0.0600. The Hall–Kier alpha value is -1.29. The third kappa shape index (κ3) is 1.45. The topological polar surface area (TPSA) is 61.6 Å². The van der Waals surface area contributed by atoms with E-state index in [-0.39, 0.29) is 17.9 Å². The molecule has 1 fully saturated rings. The van der Waals surface area contributed by atoms with Gasteiger partial charge in [-0.3, -0.25) is 4.79 Å². The van der Waals surface area contributed by atoms with Gasteiger partial charge in [0.25, 0.3) is 0 Å². The molecule has 4 heteroatoms. The molecule has 0 aromatic rings. The molecule has 0 aromatic heterocycles. The Bertz CT molecular complexity index is 283. The van der Waals surface area contributed by atoms with Gasteiger partial charge in [-0.25, -0.2) is 0 Å². The molecule has 13 heavy (non-hydrogen) atoms. The lowest BCUT2D eigenvalue weighted by atomic mass is 9.95. The number of hydrogen-bond donors (Lipinski definition) is 1. The highest BCUT2D eigenvalue weighted by atomic mass is 16.6. The van der Waals surface area contributed by atoms with Crippen LogP contribution in [0.1, 0.15) is 0 Å². The van der Waals surface area contributed by atoms with Crippen molar-refractivity contribution < 1.29 is 14.3 Å². The normalized spacial score (nSPS) is 31.5. The maximum Gasteiger partial charge on any atom is 0.227 e. The minimum absolute atomic E-state index is 0.309. The first-order chi connectivity index (χ1) is 6.29. The summed E-state index contributed by atoms with van der Waals surface area (Å²) in [6, 6.07) is 0. The molecule has 0 radical (unpaired) electrons. The lowest BCUT2D eigenvalue weighted by Crippen LogP contribution is -2.40. The Morgan fingerprint density at radius 1 is 1.54 bits per heavy atom. The second-order valence-electron chi connectivity index (χ2n) is 3.02. The quantitative estimate of drug-likeness (QED) is 0.617. The van der Waals surface area contributed by atoms with E-state index in [1.165, 1.54) is 0 Å². The van der Waals surface area contributed by atoms with E-state index in [1.807, 2.05) is 6.08 Å². The molecule has 1 aliphatic heterocycles. The van der Waals surface area contributed by atoms with Crippen LogP contribution in [0.2, 0.25) is 0 Å². The van der Waals surface area contributed by atoms with Crippen LogP contribution in [0.25, 0.3) is 0 Å². The van der Waals surface area contributed by atoms with Gasteiger partial charge in [-0.05, 0) is 6.08 Å². The number of amides is 1. The zero-order valence-corrected chi connectivity index (χ0v) is 7.10. The van der Waals surface area contributed by atoms with Crippen molar-refractivity contribution in [3.63, 3.8) is 0 Å². The van der Waals surface area contributed by atoms with Crippen LogP contribution >= 0.6 is 0 Å². The number of fused-ring (bicyclic) bond motifs is 1. The Morgan fingerprint density at radius 2 is 2.38 bits per heavy atom. The van der Waals surface area contributed by atoms with Crippen molar-refractivity contribution in [1.29, 1.82) is 0 Å². The summed E-state index contributed by atoms with van der Waals surface area (Å²) in [6.07, 6.45) is 5.01. The van der Waals surface area contributed by atoms with Gasteiger partial charge in [0.1, 0.15) is 18.5 Å². The smallest absolute Gasteiger partial charge is 0.227 e. The fraction of sp³-hybridized carbons (Fsp3) is 0.444. The number of hydrogen-bond acceptors (Lipinski definition) is 3. The predicted molar refractivity (Wildman–Crippen MR) is 45.6 cm³/mol. The Morgan fingerprint density at radius 3 is 3.15 bits per heavy atom. The lowest BCUT2D eigenvalue weighted by Gasteiger charge is -2.31. The molecule has 2 unspecified atom stereocenters. The monoisotopic (exact) mass is 181 g/mol. The summed E-state index contributed by atoms with van der Waals surface area (Å²) in [5, 5.41) is 0. The van der Waals surface area contributed by atoms with Gasteiger partial charge in [0.2, 0.25) is 5.91 Å². The van der Waals surface area contributed by atoms with Crippen LogP contribution in [-0.2, 0) is 14.3 Å². The maximum absolute atomic E-state index is 11.0. The minimum Gasteiger partial charge on any atom is -0.493 e. The van der Waals surface area contributed by atoms with Gasteiger partial charge in [0.15, 0.2) is 0 Å². The number of ether oxygens (including phenoxy) is 2. The van der Waals surface area contributed by atoms with Crippen LogP contribution < -0.4 is 5.73 Å². The van der Waals surface area contributed by atoms with Gasteiger partial charge in [0, 0.05) is 0 Å². The molecule has 70 valence electrons. The van der Waals surface area contributed by atoms with Gasteiger partial charge in [-0.1, -0.05) is 12.2 Å². The molecule has 0 spiro atoms. The number of primary amides is 1. The van der Waals surface area contributed by atoms with Gasteiger partial charge in [0.05, 0.1) is 12.5 Å². The lowest BCUT2D eigenvalue weighted by molar-refractivity contribution is -0.128. The molecule has 4 nitrogen and oxygen atoms in total. The molecule has 2 N–H and O–H groups in total. The number of carbonyl (C=O) groups is 1. The number of nitrogens with two attached hydrogens (primary N) is 1.